The third-order valence-electron chi connectivity index (χ3n) is 3.19. The van der Waals surface area contributed by atoms with E-state index in [0.29, 0.717) is 13.1 Å². The number of thiophene rings is 1. The molecule has 2 amide bonds. The minimum absolute atomic E-state index is 0.124. The summed E-state index contributed by atoms with van der Waals surface area (Å²) in [4.78, 5) is 15.5. The fraction of sp³-hybridized carbons (Fsp3) is 0.118. The van der Waals surface area contributed by atoms with Crippen molar-refractivity contribution in [2.45, 2.75) is 13.1 Å². The van der Waals surface area contributed by atoms with Gasteiger partial charge in [-0.25, -0.2) is 4.79 Å². The summed E-state index contributed by atoms with van der Waals surface area (Å²) in [5.41, 5.74) is 1.76. The number of nitrogens with zero attached hydrogens (tertiary/aromatic N) is 1. The van der Waals surface area contributed by atoms with Crippen molar-refractivity contribution in [2.75, 3.05) is 5.32 Å². The first kappa shape index (κ1) is 14.4. The summed E-state index contributed by atoms with van der Waals surface area (Å²) in [5.74, 6) is 0. The van der Waals surface area contributed by atoms with Gasteiger partial charge in [-0.05, 0) is 29.6 Å². The Kier molecular flexibility index (Phi) is 4.56. The van der Waals surface area contributed by atoms with Crippen LogP contribution < -0.4 is 5.32 Å². The molecule has 1 aromatic carbocycles. The number of rotatable bonds is 5. The van der Waals surface area contributed by atoms with Crippen LogP contribution in [0.4, 0.5) is 10.5 Å². The van der Waals surface area contributed by atoms with Crippen molar-refractivity contribution in [3.05, 3.63) is 76.9 Å². The average Bonchev–Trinajstić information content (AvgIpc) is 3.21. The average molecular weight is 312 g/mol. The summed E-state index contributed by atoms with van der Waals surface area (Å²) in [7, 11) is 0. The van der Waals surface area contributed by atoms with Gasteiger partial charge in [0.05, 0.1) is 25.6 Å². The lowest BCUT2D eigenvalue weighted by molar-refractivity contribution is 0.207. The maximum atomic E-state index is 12.6. The van der Waals surface area contributed by atoms with Gasteiger partial charge in [0.2, 0.25) is 0 Å². The summed E-state index contributed by atoms with van der Waals surface area (Å²) < 4.78 is 5.09. The first-order valence-electron chi connectivity index (χ1n) is 6.96. The number of nitrogens with one attached hydrogen (secondary N) is 1. The molecule has 0 unspecified atom stereocenters. The second-order valence-electron chi connectivity index (χ2n) is 4.86. The Morgan fingerprint density at radius 1 is 1.09 bits per heavy atom. The Bertz CT molecular complexity index is 657. The third kappa shape index (κ3) is 3.77. The minimum Gasteiger partial charge on any atom is -0.472 e. The molecule has 4 nitrogen and oxygen atoms in total. The zero-order chi connectivity index (χ0) is 15.2. The van der Waals surface area contributed by atoms with E-state index in [-0.39, 0.29) is 6.03 Å². The number of benzene rings is 1. The van der Waals surface area contributed by atoms with Gasteiger partial charge < -0.3 is 14.6 Å². The monoisotopic (exact) mass is 312 g/mol. The van der Waals surface area contributed by atoms with Gasteiger partial charge in [0.1, 0.15) is 0 Å². The lowest BCUT2D eigenvalue weighted by atomic mass is 10.3. The van der Waals surface area contributed by atoms with Gasteiger partial charge in [-0.1, -0.05) is 24.3 Å². The number of para-hydroxylation sites is 1. The predicted octanol–water partition coefficient (Wildman–Crippen LogP) is 4.58. The minimum atomic E-state index is -0.124. The van der Waals surface area contributed by atoms with Crippen molar-refractivity contribution in [3.63, 3.8) is 0 Å². The van der Waals surface area contributed by atoms with E-state index in [2.05, 4.69) is 5.32 Å². The second kappa shape index (κ2) is 6.95. The van der Waals surface area contributed by atoms with Crippen LogP contribution in [-0.2, 0) is 13.1 Å². The molecule has 0 radical (unpaired) electrons. The molecule has 0 atom stereocenters. The summed E-state index contributed by atoms with van der Waals surface area (Å²) >= 11 is 1.64. The summed E-state index contributed by atoms with van der Waals surface area (Å²) in [6.07, 6.45) is 3.28. The maximum absolute atomic E-state index is 12.6. The van der Waals surface area contributed by atoms with Crippen LogP contribution in [-0.4, -0.2) is 10.9 Å². The molecular formula is C17H16N2O2S. The Morgan fingerprint density at radius 3 is 2.64 bits per heavy atom. The molecule has 3 rings (SSSR count). The van der Waals surface area contributed by atoms with Gasteiger partial charge in [0, 0.05) is 16.1 Å². The Hall–Kier alpha value is -2.53. The molecule has 0 fully saturated rings. The van der Waals surface area contributed by atoms with Crippen molar-refractivity contribution >= 4 is 23.1 Å². The molecule has 22 heavy (non-hydrogen) atoms. The van der Waals surface area contributed by atoms with Crippen LogP contribution in [0.15, 0.2) is 70.9 Å². The second-order valence-corrected chi connectivity index (χ2v) is 5.90. The molecule has 112 valence electrons. The number of amides is 2. The van der Waals surface area contributed by atoms with Crippen molar-refractivity contribution in [1.82, 2.24) is 4.90 Å². The molecule has 2 aromatic heterocycles. The fourth-order valence-corrected chi connectivity index (χ4v) is 2.84. The maximum Gasteiger partial charge on any atom is 0.322 e. The van der Waals surface area contributed by atoms with Crippen molar-refractivity contribution in [2.24, 2.45) is 0 Å². The first-order chi connectivity index (χ1) is 10.8. The number of urea groups is 1. The molecule has 0 saturated carbocycles. The lowest BCUT2D eigenvalue weighted by Gasteiger charge is -2.22. The van der Waals surface area contributed by atoms with Gasteiger partial charge in [-0.15, -0.1) is 11.3 Å². The molecule has 0 saturated heterocycles. The van der Waals surface area contributed by atoms with Crippen LogP contribution in [0.25, 0.3) is 0 Å². The normalized spacial score (nSPS) is 10.4. The van der Waals surface area contributed by atoms with Crippen LogP contribution in [0.1, 0.15) is 10.4 Å². The predicted molar refractivity (Wildman–Crippen MR) is 87.7 cm³/mol. The quantitative estimate of drug-likeness (QED) is 0.749. The molecule has 0 bridgehead atoms. The third-order valence-corrected chi connectivity index (χ3v) is 4.05. The number of carbonyl (C=O) groups is 1. The smallest absolute Gasteiger partial charge is 0.322 e. The molecular weight excluding hydrogens is 296 g/mol. The van der Waals surface area contributed by atoms with E-state index in [9.17, 15) is 4.79 Å². The van der Waals surface area contributed by atoms with Crippen molar-refractivity contribution < 1.29 is 9.21 Å². The highest BCUT2D eigenvalue weighted by Gasteiger charge is 2.16. The van der Waals surface area contributed by atoms with Gasteiger partial charge in [0.15, 0.2) is 0 Å². The first-order valence-corrected chi connectivity index (χ1v) is 7.83. The SMILES string of the molecule is O=C(Nc1ccccc1)N(Cc1ccoc1)Cc1cccs1. The summed E-state index contributed by atoms with van der Waals surface area (Å²) in [5, 5.41) is 4.94. The summed E-state index contributed by atoms with van der Waals surface area (Å²) in [6.45, 7) is 1.08. The molecule has 0 spiro atoms. The van der Waals surface area contributed by atoms with Crippen molar-refractivity contribution in [3.8, 4) is 0 Å². The number of hydrogen-bond acceptors (Lipinski definition) is 3. The van der Waals surface area contributed by atoms with Crippen molar-refractivity contribution in [1.29, 1.82) is 0 Å². The van der Waals surface area contributed by atoms with Crippen LogP contribution in [0.5, 0.6) is 0 Å². The number of hydrogen-bond donors (Lipinski definition) is 1. The largest absolute Gasteiger partial charge is 0.472 e. The van der Waals surface area contributed by atoms with Gasteiger partial charge in [0.25, 0.3) is 0 Å². The van der Waals surface area contributed by atoms with Gasteiger partial charge >= 0.3 is 6.03 Å². The molecule has 5 heteroatoms. The topological polar surface area (TPSA) is 45.5 Å². The van der Waals surface area contributed by atoms with Crippen LogP contribution >= 0.6 is 11.3 Å². The Balaban J connectivity index is 1.73. The standard InChI is InChI=1S/C17H16N2O2S/c20-17(18-15-5-2-1-3-6-15)19(11-14-8-9-21-13-14)12-16-7-4-10-22-16/h1-10,13H,11-12H2,(H,18,20). The highest BCUT2D eigenvalue weighted by atomic mass is 32.1. The number of anilines is 1. The zero-order valence-corrected chi connectivity index (χ0v) is 12.8. The van der Waals surface area contributed by atoms with Gasteiger partial charge in [-0.3, -0.25) is 0 Å². The fourth-order valence-electron chi connectivity index (χ4n) is 2.12. The molecule has 1 N–H and O–H groups in total. The lowest BCUT2D eigenvalue weighted by Crippen LogP contribution is -2.33. The molecule has 0 aliphatic carbocycles. The number of carbonyl (C=O) groups excluding carboxylic acids is 1. The van der Waals surface area contributed by atoms with E-state index in [1.807, 2.05) is 53.9 Å². The van der Waals surface area contributed by atoms with E-state index in [4.69, 9.17) is 4.42 Å². The molecule has 2 heterocycles. The van der Waals surface area contributed by atoms with Crippen LogP contribution in [0.2, 0.25) is 0 Å². The molecule has 0 aliphatic rings. The summed E-state index contributed by atoms with van der Waals surface area (Å²) in [6, 6.07) is 15.2. The van der Waals surface area contributed by atoms with Crippen LogP contribution in [0, 0.1) is 0 Å². The highest BCUT2D eigenvalue weighted by molar-refractivity contribution is 7.09. The number of furan rings is 1. The Morgan fingerprint density at radius 2 is 1.95 bits per heavy atom. The zero-order valence-electron chi connectivity index (χ0n) is 11.9. The van der Waals surface area contributed by atoms with E-state index in [1.54, 1.807) is 28.8 Å². The van der Waals surface area contributed by atoms with E-state index in [1.165, 1.54) is 0 Å². The molecule has 3 aromatic rings. The Labute approximate surface area is 133 Å². The van der Waals surface area contributed by atoms with Gasteiger partial charge in [-0.2, -0.15) is 0 Å². The van der Waals surface area contributed by atoms with Crippen LogP contribution in [0.3, 0.4) is 0 Å². The van der Waals surface area contributed by atoms with E-state index in [0.717, 1.165) is 16.1 Å². The highest BCUT2D eigenvalue weighted by Crippen LogP contribution is 2.16. The molecule has 0 aliphatic heterocycles. The van der Waals surface area contributed by atoms with E-state index < -0.39 is 0 Å². The van der Waals surface area contributed by atoms with E-state index >= 15 is 0 Å².